The maximum Gasteiger partial charge on any atom is 0.248 e. The number of methoxy groups -OCH3 is 1. The van der Waals surface area contributed by atoms with E-state index in [2.05, 4.69) is 32.4 Å². The molecule has 1 amide bonds. The lowest BCUT2D eigenvalue weighted by Crippen LogP contribution is -2.19. The van der Waals surface area contributed by atoms with Crippen molar-refractivity contribution in [3.8, 4) is 5.75 Å². The summed E-state index contributed by atoms with van der Waals surface area (Å²) >= 11 is 5.88. The first-order valence-corrected chi connectivity index (χ1v) is 10.5. The van der Waals surface area contributed by atoms with Gasteiger partial charge >= 0.3 is 0 Å². The molecule has 0 spiro atoms. The van der Waals surface area contributed by atoms with Gasteiger partial charge in [0.25, 0.3) is 0 Å². The van der Waals surface area contributed by atoms with Crippen LogP contribution in [0.15, 0.2) is 48.8 Å². The number of rotatable bonds is 9. The number of nitrogens with one attached hydrogen (secondary N) is 2. The van der Waals surface area contributed by atoms with Crippen LogP contribution in [-0.4, -0.2) is 53.5 Å². The summed E-state index contributed by atoms with van der Waals surface area (Å²) < 4.78 is 18.9. The van der Waals surface area contributed by atoms with Crippen molar-refractivity contribution in [2.75, 3.05) is 37.9 Å². The zero-order valence-electron chi connectivity index (χ0n) is 18.7. The molecule has 0 aliphatic heterocycles. The van der Waals surface area contributed by atoms with E-state index in [1.165, 1.54) is 31.6 Å². The van der Waals surface area contributed by atoms with Gasteiger partial charge in [-0.1, -0.05) is 24.6 Å². The van der Waals surface area contributed by atoms with E-state index in [9.17, 15) is 9.18 Å². The monoisotopic (exact) mass is 475 g/mol. The second-order valence-electron chi connectivity index (χ2n) is 7.20. The number of carbonyl (C=O) groups is 1. The second-order valence-corrected chi connectivity index (χ2v) is 7.61. The van der Waals surface area contributed by atoms with Crippen LogP contribution >= 0.6 is 11.6 Å². The molecule has 176 valence electrons. The van der Waals surface area contributed by atoms with E-state index in [1.54, 1.807) is 18.2 Å². The maximum atomic E-state index is 13.5. The molecule has 1 heterocycles. The largest absolute Gasteiger partial charge is 0.494 e. The lowest BCUT2D eigenvalue weighted by Gasteiger charge is -2.14. The van der Waals surface area contributed by atoms with Crippen LogP contribution < -0.4 is 15.4 Å². The predicted octanol–water partition coefficient (Wildman–Crippen LogP) is 4.19. The Balaban J connectivity index is 0.00000385. The topological polar surface area (TPSA) is 111 Å². The number of amides is 1. The average Bonchev–Trinajstić information content (AvgIpc) is 2.76. The number of aromatic nitrogens is 2. The highest BCUT2D eigenvalue weighted by Gasteiger charge is 2.13. The minimum Gasteiger partial charge on any atom is -0.494 e. The van der Waals surface area contributed by atoms with Gasteiger partial charge in [-0.2, -0.15) is 0 Å². The third-order valence-corrected chi connectivity index (χ3v) is 4.98. The van der Waals surface area contributed by atoms with Crippen LogP contribution in [0, 0.1) is 5.82 Å². The first kappa shape index (κ1) is 26.0. The van der Waals surface area contributed by atoms with E-state index in [4.69, 9.17) is 16.3 Å². The van der Waals surface area contributed by atoms with Gasteiger partial charge in [0, 0.05) is 29.8 Å². The number of carbonyl (C=O) groups excluding carboxylic acids is 1. The van der Waals surface area contributed by atoms with Gasteiger partial charge in [-0.15, -0.1) is 0 Å². The van der Waals surface area contributed by atoms with Crippen LogP contribution in [0.2, 0.25) is 5.02 Å². The summed E-state index contributed by atoms with van der Waals surface area (Å²) in [5.41, 5.74) is 1.66. The molecule has 2 aromatic carbocycles. The molecule has 1 aromatic heterocycles. The summed E-state index contributed by atoms with van der Waals surface area (Å²) in [6.45, 7) is 3.74. The second kappa shape index (κ2) is 12.1. The fourth-order valence-corrected chi connectivity index (χ4v) is 3.33. The molecular formula is C23H27ClFN5O3. The van der Waals surface area contributed by atoms with E-state index in [1.807, 2.05) is 13.1 Å². The smallest absolute Gasteiger partial charge is 0.248 e. The summed E-state index contributed by atoms with van der Waals surface area (Å²) in [7, 11) is 3.52. The molecule has 3 aromatic rings. The zero-order valence-corrected chi connectivity index (χ0v) is 19.4. The van der Waals surface area contributed by atoms with E-state index >= 15 is 0 Å². The van der Waals surface area contributed by atoms with Crippen LogP contribution in [0.3, 0.4) is 0 Å². The lowest BCUT2D eigenvalue weighted by molar-refractivity contribution is -0.111. The molecular weight excluding hydrogens is 449 g/mol. The minimum absolute atomic E-state index is 0. The van der Waals surface area contributed by atoms with Crippen LogP contribution in [0.5, 0.6) is 5.75 Å². The molecule has 0 atom stereocenters. The first-order chi connectivity index (χ1) is 15.4. The molecule has 4 N–H and O–H groups in total. The molecule has 3 rings (SSSR count). The van der Waals surface area contributed by atoms with Crippen molar-refractivity contribution in [1.29, 1.82) is 0 Å². The van der Waals surface area contributed by atoms with Crippen LogP contribution in [0.1, 0.15) is 13.3 Å². The fourth-order valence-electron chi connectivity index (χ4n) is 3.15. The molecule has 0 unspecified atom stereocenters. The fraction of sp³-hybridized carbons (Fsp3) is 0.261. The molecule has 0 saturated carbocycles. The number of hydrogen-bond acceptors (Lipinski definition) is 6. The van der Waals surface area contributed by atoms with Crippen molar-refractivity contribution < 1.29 is 19.4 Å². The molecule has 0 saturated heterocycles. The van der Waals surface area contributed by atoms with Crippen LogP contribution in [0.4, 0.5) is 21.6 Å². The third-order valence-electron chi connectivity index (χ3n) is 4.69. The zero-order chi connectivity index (χ0) is 23.1. The predicted molar refractivity (Wildman–Crippen MR) is 130 cm³/mol. The molecule has 8 nitrogen and oxygen atoms in total. The van der Waals surface area contributed by atoms with Crippen molar-refractivity contribution in [1.82, 2.24) is 14.9 Å². The molecule has 33 heavy (non-hydrogen) atoms. The highest BCUT2D eigenvalue weighted by atomic mass is 35.5. The van der Waals surface area contributed by atoms with E-state index in [-0.39, 0.29) is 16.4 Å². The molecule has 0 fully saturated rings. The molecule has 0 radical (unpaired) electrons. The van der Waals surface area contributed by atoms with Crippen molar-refractivity contribution >= 4 is 45.6 Å². The normalized spacial score (nSPS) is 11.0. The Morgan fingerprint density at radius 1 is 1.27 bits per heavy atom. The lowest BCUT2D eigenvalue weighted by atomic mass is 10.1. The standard InChI is InChI=1S/C23H25ClFN5O2.H2O/c1-4-9-30(2)10-5-6-22(31)29-20-12-16-19(13-21(20)32-3)26-14-27-23(16)28-15-7-8-18(25)17(24)11-15;/h5-8,11-14H,4,9-10H2,1-3H3,(H,29,31)(H,26,27,28);1H2/b6-5+;. The highest BCUT2D eigenvalue weighted by Crippen LogP contribution is 2.33. The SMILES string of the molecule is CCCN(C)C/C=C/C(=O)Nc1cc2c(Nc3ccc(F)c(Cl)c3)ncnc2cc1OC.O. The third kappa shape index (κ3) is 6.85. The van der Waals surface area contributed by atoms with Crippen LogP contribution in [-0.2, 0) is 4.79 Å². The quantitative estimate of drug-likeness (QED) is 0.449. The van der Waals surface area contributed by atoms with Crippen molar-refractivity contribution in [3.05, 3.63) is 59.7 Å². The molecule has 0 bridgehead atoms. The first-order valence-electron chi connectivity index (χ1n) is 10.1. The minimum atomic E-state index is -0.506. The number of halogens is 2. The summed E-state index contributed by atoms with van der Waals surface area (Å²) in [4.78, 5) is 23.1. The van der Waals surface area contributed by atoms with E-state index < -0.39 is 5.82 Å². The molecule has 0 aliphatic rings. The van der Waals surface area contributed by atoms with Crippen molar-refractivity contribution in [2.24, 2.45) is 0 Å². The number of likely N-dealkylation sites (N-methyl/N-ethyl adjacent to an activating group) is 1. The Morgan fingerprint density at radius 3 is 2.76 bits per heavy atom. The van der Waals surface area contributed by atoms with E-state index in [0.717, 1.165) is 13.0 Å². The number of benzene rings is 2. The Kier molecular flexibility index (Phi) is 9.53. The van der Waals surface area contributed by atoms with Gasteiger partial charge in [0.05, 0.1) is 23.3 Å². The van der Waals surface area contributed by atoms with Gasteiger partial charge in [-0.25, -0.2) is 14.4 Å². The maximum absolute atomic E-state index is 13.5. The summed E-state index contributed by atoms with van der Waals surface area (Å²) in [5, 5.41) is 6.61. The number of ether oxygens (including phenoxy) is 1. The summed E-state index contributed by atoms with van der Waals surface area (Å²) in [6, 6.07) is 7.75. The number of anilines is 3. The van der Waals surface area contributed by atoms with Gasteiger partial charge < -0.3 is 25.7 Å². The van der Waals surface area contributed by atoms with Gasteiger partial charge in [0.1, 0.15) is 23.7 Å². The molecule has 10 heteroatoms. The highest BCUT2D eigenvalue weighted by molar-refractivity contribution is 6.31. The van der Waals surface area contributed by atoms with Gasteiger partial charge in [0.15, 0.2) is 0 Å². The van der Waals surface area contributed by atoms with Gasteiger partial charge in [-0.3, -0.25) is 4.79 Å². The van der Waals surface area contributed by atoms with Crippen LogP contribution in [0.25, 0.3) is 10.9 Å². The van der Waals surface area contributed by atoms with Gasteiger partial charge in [-0.05, 0) is 44.3 Å². The number of hydrogen-bond donors (Lipinski definition) is 2. The summed E-state index contributed by atoms with van der Waals surface area (Å²) in [6.07, 6.45) is 5.76. The van der Waals surface area contributed by atoms with Crippen molar-refractivity contribution in [3.63, 3.8) is 0 Å². The Labute approximate surface area is 196 Å². The van der Waals surface area contributed by atoms with Crippen molar-refractivity contribution in [2.45, 2.75) is 13.3 Å². The Bertz CT molecular complexity index is 1140. The average molecular weight is 476 g/mol. The summed E-state index contributed by atoms with van der Waals surface area (Å²) in [5.74, 6) is 0.169. The number of nitrogens with zero attached hydrogens (tertiary/aromatic N) is 3. The molecule has 0 aliphatic carbocycles. The Morgan fingerprint density at radius 2 is 2.06 bits per heavy atom. The van der Waals surface area contributed by atoms with Gasteiger partial charge in [0.2, 0.25) is 5.91 Å². The number of fused-ring (bicyclic) bond motifs is 1. The Hall–Kier alpha value is -3.27. The van der Waals surface area contributed by atoms with E-state index in [0.29, 0.717) is 40.4 Å².